The van der Waals surface area contributed by atoms with Crippen LogP contribution in [-0.4, -0.2) is 44.9 Å². The smallest absolute Gasteiger partial charge is 0.244 e. The molecule has 0 radical (unpaired) electrons. The standard InChI is InChI=1S/C11H14N6O2S2/c1-7-14-10(16-15-7)6-17(2)21(18,19)8-3-4-9(11(12)20)13-5-8/h3-5H,6H2,1-2H3,(H2,12,20)(H,14,15,16). The maximum Gasteiger partial charge on any atom is 0.244 e. The van der Waals surface area contributed by atoms with Gasteiger partial charge in [-0.3, -0.25) is 10.1 Å². The van der Waals surface area contributed by atoms with E-state index >= 15 is 0 Å². The molecule has 2 heterocycles. The molecule has 0 aliphatic heterocycles. The van der Waals surface area contributed by atoms with Gasteiger partial charge < -0.3 is 5.73 Å². The zero-order valence-electron chi connectivity index (χ0n) is 11.4. The molecule has 8 nitrogen and oxygen atoms in total. The van der Waals surface area contributed by atoms with Crippen LogP contribution in [0.1, 0.15) is 17.3 Å². The molecule has 3 N–H and O–H groups in total. The minimum atomic E-state index is -3.68. The zero-order valence-corrected chi connectivity index (χ0v) is 13.1. The second-order valence-corrected chi connectivity index (χ2v) is 6.83. The van der Waals surface area contributed by atoms with Crippen molar-refractivity contribution < 1.29 is 8.42 Å². The van der Waals surface area contributed by atoms with Gasteiger partial charge in [-0.25, -0.2) is 13.4 Å². The van der Waals surface area contributed by atoms with Crippen LogP contribution in [0.15, 0.2) is 23.2 Å². The normalized spacial score (nSPS) is 11.8. The van der Waals surface area contributed by atoms with Gasteiger partial charge in [0.25, 0.3) is 0 Å². The number of sulfonamides is 1. The third kappa shape index (κ3) is 3.40. The summed E-state index contributed by atoms with van der Waals surface area (Å²) in [7, 11) is -2.23. The fourth-order valence-corrected chi connectivity index (χ4v) is 2.79. The molecule has 0 unspecified atom stereocenters. The Morgan fingerprint density at radius 2 is 2.19 bits per heavy atom. The first-order valence-corrected chi connectivity index (χ1v) is 7.75. The molecule has 2 aromatic rings. The van der Waals surface area contributed by atoms with E-state index < -0.39 is 10.0 Å². The molecule has 2 aromatic heterocycles. The second kappa shape index (κ2) is 5.84. The number of thiocarbonyl (C=S) groups is 1. The van der Waals surface area contributed by atoms with E-state index in [4.69, 9.17) is 18.0 Å². The Kier molecular flexibility index (Phi) is 4.30. The highest BCUT2D eigenvalue weighted by atomic mass is 32.2. The highest BCUT2D eigenvalue weighted by molar-refractivity contribution is 7.89. The van der Waals surface area contributed by atoms with Crippen molar-refractivity contribution in [3.05, 3.63) is 35.7 Å². The molecule has 2 rings (SSSR count). The molecule has 0 atom stereocenters. The van der Waals surface area contributed by atoms with Gasteiger partial charge in [0.05, 0.1) is 12.2 Å². The molecule has 0 aliphatic rings. The molecule has 0 aliphatic carbocycles. The van der Waals surface area contributed by atoms with Crippen LogP contribution >= 0.6 is 12.2 Å². The molecule has 0 fully saturated rings. The number of nitrogens with one attached hydrogen (secondary N) is 1. The number of aromatic amines is 1. The van der Waals surface area contributed by atoms with Gasteiger partial charge in [-0.05, 0) is 19.1 Å². The first-order chi connectivity index (χ1) is 9.80. The fraction of sp³-hybridized carbons (Fsp3) is 0.273. The SMILES string of the molecule is Cc1nc(CN(C)S(=O)(=O)c2ccc(C(N)=S)nc2)n[nH]1. The topological polar surface area (TPSA) is 118 Å². The van der Waals surface area contributed by atoms with Crippen molar-refractivity contribution in [3.8, 4) is 0 Å². The number of hydrogen-bond donors (Lipinski definition) is 2. The largest absolute Gasteiger partial charge is 0.388 e. The third-order valence-electron chi connectivity index (χ3n) is 2.70. The molecule has 21 heavy (non-hydrogen) atoms. The molecular formula is C11H14N6O2S2. The fourth-order valence-electron chi connectivity index (χ4n) is 1.60. The van der Waals surface area contributed by atoms with E-state index in [1.54, 1.807) is 6.92 Å². The summed E-state index contributed by atoms with van der Waals surface area (Å²) in [6.07, 6.45) is 1.23. The predicted molar refractivity (Wildman–Crippen MR) is 79.9 cm³/mol. The van der Waals surface area contributed by atoms with Gasteiger partial charge in [0.15, 0.2) is 5.82 Å². The summed E-state index contributed by atoms with van der Waals surface area (Å²) < 4.78 is 25.9. The molecule has 0 saturated heterocycles. The summed E-state index contributed by atoms with van der Waals surface area (Å²) in [6, 6.07) is 2.89. The first-order valence-electron chi connectivity index (χ1n) is 5.91. The highest BCUT2D eigenvalue weighted by Crippen LogP contribution is 2.15. The summed E-state index contributed by atoms with van der Waals surface area (Å²) in [5.41, 5.74) is 5.80. The van der Waals surface area contributed by atoms with Crippen LogP contribution in [0.25, 0.3) is 0 Å². The van der Waals surface area contributed by atoms with Gasteiger partial charge in [0.2, 0.25) is 10.0 Å². The van der Waals surface area contributed by atoms with Crippen molar-refractivity contribution in [3.63, 3.8) is 0 Å². The summed E-state index contributed by atoms with van der Waals surface area (Å²) in [4.78, 5) is 8.17. The molecule has 0 amide bonds. The second-order valence-electron chi connectivity index (χ2n) is 4.34. The summed E-state index contributed by atoms with van der Waals surface area (Å²) in [6.45, 7) is 1.80. The highest BCUT2D eigenvalue weighted by Gasteiger charge is 2.22. The van der Waals surface area contributed by atoms with Crippen LogP contribution in [0.4, 0.5) is 0 Å². The Morgan fingerprint density at radius 1 is 1.48 bits per heavy atom. The minimum Gasteiger partial charge on any atom is -0.388 e. The Morgan fingerprint density at radius 3 is 2.67 bits per heavy atom. The zero-order chi connectivity index (χ0) is 15.6. The Balaban J connectivity index is 2.22. The lowest BCUT2D eigenvalue weighted by Gasteiger charge is -2.15. The van der Waals surface area contributed by atoms with E-state index in [0.29, 0.717) is 17.3 Å². The van der Waals surface area contributed by atoms with E-state index in [9.17, 15) is 8.42 Å². The maximum absolute atomic E-state index is 12.4. The Labute approximate surface area is 127 Å². The molecule has 10 heteroatoms. The Hall–Kier alpha value is -1.91. The number of aromatic nitrogens is 4. The number of pyridine rings is 1. The van der Waals surface area contributed by atoms with Crippen LogP contribution < -0.4 is 5.73 Å². The first kappa shape index (κ1) is 15.5. The van der Waals surface area contributed by atoms with Crippen molar-refractivity contribution in [2.75, 3.05) is 7.05 Å². The summed E-state index contributed by atoms with van der Waals surface area (Å²) in [5.74, 6) is 1.02. The molecule has 0 spiro atoms. The van der Waals surface area contributed by atoms with Crippen molar-refractivity contribution in [2.24, 2.45) is 5.73 Å². The lowest BCUT2D eigenvalue weighted by Crippen LogP contribution is -2.27. The van der Waals surface area contributed by atoms with E-state index in [1.807, 2.05) is 0 Å². The number of aryl methyl sites for hydroxylation is 1. The van der Waals surface area contributed by atoms with E-state index in [2.05, 4.69) is 20.2 Å². The average Bonchev–Trinajstić information content (AvgIpc) is 2.84. The van der Waals surface area contributed by atoms with Gasteiger partial charge in [-0.2, -0.15) is 9.40 Å². The third-order valence-corrected chi connectivity index (χ3v) is 4.70. The number of hydrogen-bond acceptors (Lipinski definition) is 6. The van der Waals surface area contributed by atoms with Gasteiger partial charge in [-0.15, -0.1) is 0 Å². The molecular weight excluding hydrogens is 312 g/mol. The van der Waals surface area contributed by atoms with Gasteiger partial charge in [-0.1, -0.05) is 12.2 Å². The van der Waals surface area contributed by atoms with Crippen molar-refractivity contribution >= 4 is 27.2 Å². The van der Waals surface area contributed by atoms with Crippen LogP contribution in [0.3, 0.4) is 0 Å². The lowest BCUT2D eigenvalue weighted by atomic mass is 10.3. The lowest BCUT2D eigenvalue weighted by molar-refractivity contribution is 0.457. The number of nitrogens with zero attached hydrogens (tertiary/aromatic N) is 4. The minimum absolute atomic E-state index is 0.0530. The average molecular weight is 326 g/mol. The van der Waals surface area contributed by atoms with Crippen LogP contribution in [0.5, 0.6) is 0 Å². The van der Waals surface area contributed by atoms with Crippen LogP contribution in [0.2, 0.25) is 0 Å². The summed E-state index contributed by atoms with van der Waals surface area (Å²) >= 11 is 4.77. The van der Waals surface area contributed by atoms with Crippen LogP contribution in [0, 0.1) is 6.92 Å². The number of H-pyrrole nitrogens is 1. The number of rotatable bonds is 5. The Bertz CT molecular complexity index is 753. The predicted octanol–water partition coefficient (Wildman–Crippen LogP) is -0.0370. The van der Waals surface area contributed by atoms with Crippen LogP contribution in [-0.2, 0) is 16.6 Å². The van der Waals surface area contributed by atoms with Crippen molar-refractivity contribution in [2.45, 2.75) is 18.4 Å². The molecule has 0 bridgehead atoms. The summed E-state index contributed by atoms with van der Waals surface area (Å²) in [5, 5.41) is 6.57. The molecule has 0 aromatic carbocycles. The molecule has 112 valence electrons. The molecule has 0 saturated carbocycles. The van der Waals surface area contributed by atoms with Gasteiger partial charge >= 0.3 is 0 Å². The van der Waals surface area contributed by atoms with E-state index in [-0.39, 0.29) is 16.4 Å². The maximum atomic E-state index is 12.4. The van der Waals surface area contributed by atoms with Crippen molar-refractivity contribution in [1.29, 1.82) is 0 Å². The number of nitrogens with two attached hydrogens (primary N) is 1. The van der Waals surface area contributed by atoms with E-state index in [0.717, 1.165) is 4.31 Å². The van der Waals surface area contributed by atoms with Crippen molar-refractivity contribution in [1.82, 2.24) is 24.5 Å². The van der Waals surface area contributed by atoms with Gasteiger partial charge in [0.1, 0.15) is 15.7 Å². The quantitative estimate of drug-likeness (QED) is 0.740. The monoisotopic (exact) mass is 326 g/mol. The van der Waals surface area contributed by atoms with Gasteiger partial charge in [0, 0.05) is 13.2 Å². The van der Waals surface area contributed by atoms with E-state index in [1.165, 1.54) is 25.4 Å².